The Balaban J connectivity index is 1.65. The summed E-state index contributed by atoms with van der Waals surface area (Å²) in [6, 6.07) is 9.25. The Morgan fingerprint density at radius 1 is 1.12 bits per heavy atom. The Bertz CT molecular complexity index is 1160. The molecule has 0 fully saturated rings. The van der Waals surface area contributed by atoms with Crippen LogP contribution in [0.2, 0.25) is 0 Å². The molecule has 0 aliphatic heterocycles. The average molecular weight is 433 g/mol. The molecule has 0 spiro atoms. The fourth-order valence-electron chi connectivity index (χ4n) is 4.21. The Hall–Kier alpha value is -3.35. The van der Waals surface area contributed by atoms with Crippen LogP contribution in [0.5, 0.6) is 0 Å². The quantitative estimate of drug-likeness (QED) is 0.616. The molecule has 7 nitrogen and oxygen atoms in total. The highest BCUT2D eigenvalue weighted by Crippen LogP contribution is 2.39. The zero-order chi connectivity index (χ0) is 22.9. The second-order valence-electron chi connectivity index (χ2n) is 9.34. The molecular weight excluding hydrogens is 404 g/mol. The molecule has 4 rings (SSSR count). The van der Waals surface area contributed by atoms with Gasteiger partial charge in [-0.2, -0.15) is 0 Å². The molecule has 0 saturated heterocycles. The zero-order valence-electron chi connectivity index (χ0n) is 18.9. The number of pyridine rings is 1. The van der Waals surface area contributed by atoms with Crippen molar-refractivity contribution in [3.8, 4) is 0 Å². The van der Waals surface area contributed by atoms with Crippen LogP contribution in [0.3, 0.4) is 0 Å². The second kappa shape index (κ2) is 8.65. The number of ether oxygens (including phenoxy) is 1. The molecule has 1 aliphatic carbocycles. The molecule has 1 aliphatic rings. The topological polar surface area (TPSA) is 94.1 Å². The maximum atomic E-state index is 13.4. The number of hydrogen-bond donors (Lipinski definition) is 1. The normalized spacial score (nSPS) is 16.8. The van der Waals surface area contributed by atoms with E-state index in [4.69, 9.17) is 9.72 Å². The number of aromatic nitrogens is 3. The van der Waals surface area contributed by atoms with Crippen LogP contribution in [0.15, 0.2) is 42.7 Å². The highest BCUT2D eigenvalue weighted by Gasteiger charge is 2.33. The molecule has 1 aromatic carbocycles. The number of benzene rings is 1. The van der Waals surface area contributed by atoms with Crippen molar-refractivity contribution in [3.63, 3.8) is 0 Å². The van der Waals surface area contributed by atoms with Crippen molar-refractivity contribution in [1.82, 2.24) is 15.0 Å². The number of carbonyl (C=O) groups is 2. The van der Waals surface area contributed by atoms with E-state index in [1.54, 1.807) is 13.0 Å². The minimum absolute atomic E-state index is 0.118. The minimum atomic E-state index is -1.00. The monoisotopic (exact) mass is 432 g/mol. The highest BCUT2D eigenvalue weighted by atomic mass is 16.5. The van der Waals surface area contributed by atoms with E-state index in [-0.39, 0.29) is 11.4 Å². The summed E-state index contributed by atoms with van der Waals surface area (Å²) in [5.74, 6) is -0.393. The number of hydrogen-bond acceptors (Lipinski definition) is 6. The van der Waals surface area contributed by atoms with Gasteiger partial charge in [-0.25, -0.2) is 14.8 Å². The van der Waals surface area contributed by atoms with Gasteiger partial charge in [0.05, 0.1) is 11.1 Å². The van der Waals surface area contributed by atoms with Crippen LogP contribution in [-0.2, 0) is 22.4 Å². The van der Waals surface area contributed by atoms with Crippen LogP contribution < -0.4 is 5.32 Å². The summed E-state index contributed by atoms with van der Waals surface area (Å²) in [7, 11) is 0. The van der Waals surface area contributed by atoms with Gasteiger partial charge in [0.15, 0.2) is 6.10 Å². The molecule has 2 heterocycles. The Morgan fingerprint density at radius 2 is 1.84 bits per heavy atom. The van der Waals surface area contributed by atoms with E-state index in [2.05, 4.69) is 36.1 Å². The van der Waals surface area contributed by atoms with Gasteiger partial charge in [-0.1, -0.05) is 39.0 Å². The van der Waals surface area contributed by atoms with Gasteiger partial charge in [0.2, 0.25) is 5.95 Å². The summed E-state index contributed by atoms with van der Waals surface area (Å²) in [6.07, 6.45) is 4.67. The maximum absolute atomic E-state index is 13.4. The van der Waals surface area contributed by atoms with Gasteiger partial charge in [-0.05, 0) is 55.2 Å². The lowest BCUT2D eigenvalue weighted by Gasteiger charge is -2.35. The number of nitrogens with one attached hydrogen (secondary N) is 1. The van der Waals surface area contributed by atoms with Crippen LogP contribution in [-0.4, -0.2) is 32.9 Å². The molecule has 0 unspecified atom stereocenters. The fraction of sp³-hybridized carbons (Fsp3) is 0.400. The van der Waals surface area contributed by atoms with Crippen molar-refractivity contribution >= 4 is 28.7 Å². The van der Waals surface area contributed by atoms with Crippen LogP contribution in [0.4, 0.5) is 5.95 Å². The lowest BCUT2D eigenvalue weighted by atomic mass is 9.70. The molecule has 32 heavy (non-hydrogen) atoms. The first-order valence-corrected chi connectivity index (χ1v) is 10.9. The number of rotatable bonds is 4. The van der Waals surface area contributed by atoms with Gasteiger partial charge in [-0.15, -0.1) is 0 Å². The van der Waals surface area contributed by atoms with Crippen LogP contribution in [0.25, 0.3) is 10.9 Å². The average Bonchev–Trinajstić information content (AvgIpc) is 2.76. The predicted molar refractivity (Wildman–Crippen MR) is 122 cm³/mol. The molecule has 1 N–H and O–H groups in total. The summed E-state index contributed by atoms with van der Waals surface area (Å²) < 4.78 is 5.63. The Morgan fingerprint density at radius 3 is 2.56 bits per heavy atom. The van der Waals surface area contributed by atoms with Gasteiger partial charge in [0.1, 0.15) is 0 Å². The summed E-state index contributed by atoms with van der Waals surface area (Å²) in [5, 5.41) is 3.33. The summed E-state index contributed by atoms with van der Waals surface area (Å²) in [5.41, 5.74) is 3.30. The van der Waals surface area contributed by atoms with E-state index in [9.17, 15) is 9.59 Å². The zero-order valence-corrected chi connectivity index (χ0v) is 18.9. The van der Waals surface area contributed by atoms with Gasteiger partial charge < -0.3 is 4.74 Å². The molecule has 0 bridgehead atoms. The van der Waals surface area contributed by atoms with E-state index in [0.717, 1.165) is 41.4 Å². The van der Waals surface area contributed by atoms with E-state index in [1.165, 1.54) is 12.4 Å². The van der Waals surface area contributed by atoms with E-state index < -0.39 is 18.0 Å². The van der Waals surface area contributed by atoms with Crippen molar-refractivity contribution in [2.45, 2.75) is 53.1 Å². The molecule has 3 aromatic rings. The fourth-order valence-corrected chi connectivity index (χ4v) is 4.21. The number of esters is 1. The highest BCUT2D eigenvalue weighted by molar-refractivity contribution is 6.06. The smallest absolute Gasteiger partial charge is 0.339 e. The van der Waals surface area contributed by atoms with Crippen molar-refractivity contribution in [2.24, 2.45) is 11.3 Å². The van der Waals surface area contributed by atoms with Crippen molar-refractivity contribution in [1.29, 1.82) is 0 Å². The Labute approximate surface area is 187 Å². The standard InChI is InChI=1S/C25H28N4O3/c1-15(22(30)29-24-26-12-7-13-27-24)32-23(31)21-17-8-5-6-9-19(17)28-20-11-10-16(14-18(20)21)25(2,3)4/h5-9,12-13,15-16H,10-11,14H2,1-4H3,(H,26,27,29,30)/t15-,16+/m0/s1. The first-order valence-electron chi connectivity index (χ1n) is 10.9. The maximum Gasteiger partial charge on any atom is 0.339 e. The van der Waals surface area contributed by atoms with Gasteiger partial charge >= 0.3 is 5.97 Å². The van der Waals surface area contributed by atoms with E-state index in [0.29, 0.717) is 11.5 Å². The first kappa shape index (κ1) is 21.9. The molecule has 2 aromatic heterocycles. The molecule has 7 heteroatoms. The summed E-state index contributed by atoms with van der Waals surface area (Å²) in [6.45, 7) is 8.23. The molecule has 0 saturated carbocycles. The van der Waals surface area contributed by atoms with Crippen molar-refractivity contribution in [2.75, 3.05) is 5.32 Å². The molecule has 2 atom stereocenters. The lowest BCUT2D eigenvalue weighted by Crippen LogP contribution is -2.32. The van der Waals surface area contributed by atoms with Crippen LogP contribution in [0.1, 0.15) is 55.7 Å². The third kappa shape index (κ3) is 4.47. The minimum Gasteiger partial charge on any atom is -0.449 e. The van der Waals surface area contributed by atoms with E-state index >= 15 is 0 Å². The molecular formula is C25H28N4O3. The number of para-hydroxylation sites is 1. The molecule has 1 amide bonds. The number of anilines is 1. The SMILES string of the molecule is C[C@H](OC(=O)c1c2c(nc3ccccc13)CC[C@@H](C(C)(C)C)C2)C(=O)Nc1ncccn1. The van der Waals surface area contributed by atoms with Crippen LogP contribution in [0, 0.1) is 11.3 Å². The first-order chi connectivity index (χ1) is 15.2. The van der Waals surface area contributed by atoms with Crippen molar-refractivity contribution < 1.29 is 14.3 Å². The third-order valence-corrected chi connectivity index (χ3v) is 6.14. The summed E-state index contributed by atoms with van der Waals surface area (Å²) in [4.78, 5) is 38.7. The molecule has 0 radical (unpaired) electrons. The largest absolute Gasteiger partial charge is 0.449 e. The third-order valence-electron chi connectivity index (χ3n) is 6.14. The van der Waals surface area contributed by atoms with Crippen molar-refractivity contribution in [3.05, 3.63) is 59.5 Å². The van der Waals surface area contributed by atoms with Gasteiger partial charge in [-0.3, -0.25) is 15.1 Å². The Kier molecular flexibility index (Phi) is 5.91. The number of amides is 1. The van der Waals surface area contributed by atoms with Crippen LogP contribution >= 0.6 is 0 Å². The van der Waals surface area contributed by atoms with Gasteiger partial charge in [0, 0.05) is 23.5 Å². The predicted octanol–water partition coefficient (Wildman–Crippen LogP) is 4.36. The number of fused-ring (bicyclic) bond motifs is 2. The molecule has 166 valence electrons. The lowest BCUT2D eigenvalue weighted by molar-refractivity contribution is -0.123. The second-order valence-corrected chi connectivity index (χ2v) is 9.34. The number of nitrogens with zero attached hydrogens (tertiary/aromatic N) is 3. The van der Waals surface area contributed by atoms with E-state index in [1.807, 2.05) is 24.3 Å². The number of carbonyl (C=O) groups excluding carboxylic acids is 2. The van der Waals surface area contributed by atoms with Gasteiger partial charge in [0.25, 0.3) is 5.91 Å². The number of aryl methyl sites for hydroxylation is 1. The summed E-state index contributed by atoms with van der Waals surface area (Å²) >= 11 is 0.